The first kappa shape index (κ1) is 149. The molecular weight excluding hydrogens is 2040 g/mol. The Morgan fingerprint density at radius 1 is 0.539 bits per heavy atom. The fourth-order valence-electron chi connectivity index (χ4n) is 10.4. The molecule has 0 atom stereocenters. The topological polar surface area (TPSA) is 719 Å². The fraction of sp³-hybridized carbons (Fsp3) is 0.471. The number of nitrogen functional groups attached to an aromatic ring is 3. The first-order chi connectivity index (χ1) is 62.2. The van der Waals surface area contributed by atoms with Gasteiger partial charge in [-0.3, -0.25) is 28.5 Å². The summed E-state index contributed by atoms with van der Waals surface area (Å²) in [6.07, 6.45) is 11.4. The molecule has 0 spiro atoms. The first-order valence-electron chi connectivity index (χ1n) is 41.3. The molecule has 0 radical (unpaired) electrons. The van der Waals surface area contributed by atoms with E-state index in [0.29, 0.717) is 76.2 Å². The fourth-order valence-corrected chi connectivity index (χ4v) is 10.6. The van der Waals surface area contributed by atoms with E-state index in [-0.39, 0.29) is 221 Å². The van der Waals surface area contributed by atoms with Gasteiger partial charge in [0.05, 0.1) is 103 Å². The number of esters is 5. The minimum Gasteiger partial charge on any atom is -0.870 e. The number of ether oxygens (including phenoxy) is 6. The molecule has 18 N–H and O–H groups in total. The van der Waals surface area contributed by atoms with Gasteiger partial charge in [0.2, 0.25) is 17.7 Å². The Bertz CT molecular complexity index is 5770. The molecule has 780 valence electrons. The molecule has 0 saturated heterocycles. The van der Waals surface area contributed by atoms with Crippen LogP contribution in [0.3, 0.4) is 0 Å². The Labute approximate surface area is 898 Å². The van der Waals surface area contributed by atoms with E-state index in [0.717, 1.165) is 54.4 Å². The standard InChI is InChI=1S/C12H15N3O3.C10H10ClN3O2.C10H11N3O3.C10H16N2O.C9H15N3O2.C8H10NO3.C8H12O5.C7H11N3O2.C6H11N3.C4H11N.CH4.Cl3OP.3ClH.2Na.2H2O/c1-4-18-12(17)8-5-10(16)14-11-9(8)6-13-15(11)7(2)3;1-5(2)14-9-7(4-12-14)6(10(15)16)3-8(11)13-9;1-5(2)13-9-7(4-11-13)6(10(15)16)3-8(14)12-9;1-3-4-8-5-7(2)12-10(13)9(8)6-11;1-4-14-9(13)7-5-11-12(6(2)3)8(7)10;1-3-11-6-7(5-9)8(10)12-4-2;1-3-12-7(10)5-6(9)8(11)13-4-2;1-4(2)10-6(8)5(3-9-10)7(11)12;1-5(2)9-6(7)3-4-8-9;1-4(2)3-5;;1-5(2,3)4;;;;;;;/h5-7H,4H2,1-3H3,(H,14,16);3-5H,1-2H3,(H,15,16);3-5H,1-2H3,(H,12,14)(H,15,16);5H,3-4,6,11H2,1-2H3,(H,12,13);5-6H,4,10H2,1-3H3;6H,2-4H2,1H3;3-5H2,1-2H3;3-4H,8H2,1-2H3,(H,11,12);3-5H,7H2,1-2H3;4H,3,5H2,1-2H3;1H4;;3*1H;;;2*1H2/q;;;;;+1;;;;;;;;;;2*+1;;/p-2/b;;;;;7-6+;;;;;;;;;;;;;. The Morgan fingerprint density at radius 2 is 0.929 bits per heavy atom. The van der Waals surface area contributed by atoms with Gasteiger partial charge in [-0.25, -0.2) is 66.6 Å². The maximum Gasteiger partial charge on any atom is 1.00 e. The molecule has 10 aromatic rings. The van der Waals surface area contributed by atoms with Gasteiger partial charge in [0, 0.05) is 66.2 Å². The third kappa shape index (κ3) is 52.6. The van der Waals surface area contributed by atoms with Gasteiger partial charge in [0.25, 0.3) is 11.3 Å². The number of hydrogen-bond donors (Lipinski definition) is 11. The van der Waals surface area contributed by atoms with Crippen molar-refractivity contribution < 1.29 is 162 Å². The summed E-state index contributed by atoms with van der Waals surface area (Å²) in [7, 11) is 0. The summed E-state index contributed by atoms with van der Waals surface area (Å²) in [5.74, 6) is -5.45. The number of pyridine rings is 4. The van der Waals surface area contributed by atoms with Crippen LogP contribution in [0.25, 0.3) is 33.1 Å². The number of fused-ring (bicyclic) bond motifs is 3. The molecule has 0 aliphatic carbocycles. The van der Waals surface area contributed by atoms with Crippen molar-refractivity contribution in [2.24, 2.45) is 17.4 Å². The summed E-state index contributed by atoms with van der Waals surface area (Å²) >= 11 is 19.6. The molecule has 0 amide bonds. The number of aromatic amines is 3. The van der Waals surface area contributed by atoms with Crippen molar-refractivity contribution in [2.45, 2.75) is 215 Å². The van der Waals surface area contributed by atoms with Crippen LogP contribution in [0.2, 0.25) is 5.15 Å². The second kappa shape index (κ2) is 76.5. The average molecular weight is 2170 g/mol. The van der Waals surface area contributed by atoms with E-state index >= 15 is 0 Å². The number of halogens is 7. The van der Waals surface area contributed by atoms with Crippen molar-refractivity contribution in [1.29, 1.82) is 5.26 Å². The molecular formula is C85H131Cl7N22Na2O24P+. The number of rotatable bonds is 26. The Kier molecular flexibility index (Phi) is 80.7. The number of Topliss-reactive ketones (excluding diaryl/α,β-unsaturated/α-hetero) is 1. The molecule has 0 bridgehead atoms. The maximum atomic E-state index is 11.8. The van der Waals surface area contributed by atoms with Crippen LogP contribution in [0, 0.1) is 31.1 Å². The van der Waals surface area contributed by atoms with Gasteiger partial charge in [-0.1, -0.05) is 46.2 Å². The van der Waals surface area contributed by atoms with Crippen LogP contribution in [-0.4, -0.2) is 205 Å². The van der Waals surface area contributed by atoms with Gasteiger partial charge >= 0.3 is 112 Å². The number of aryl methyl sites for hydroxylation is 2. The Hall–Kier alpha value is -10.1. The van der Waals surface area contributed by atoms with Gasteiger partial charge in [0.15, 0.2) is 11.2 Å². The van der Waals surface area contributed by atoms with Gasteiger partial charge < -0.3 is 98.3 Å². The number of carboxylic acids is 3. The molecule has 141 heavy (non-hydrogen) atoms. The summed E-state index contributed by atoms with van der Waals surface area (Å²) < 4.78 is 47.1. The molecule has 0 aliphatic rings. The number of aromatic carboxylic acids is 3. The number of carboxylic acid groups (broad SMARTS) is 3. The van der Waals surface area contributed by atoms with Crippen molar-refractivity contribution in [1.82, 2.24) is 78.6 Å². The second-order valence-corrected chi connectivity index (χ2v) is 36.2. The number of nitriles is 1. The third-order valence-corrected chi connectivity index (χ3v) is 16.5. The van der Waals surface area contributed by atoms with Gasteiger partial charge in [0.1, 0.15) is 70.7 Å². The number of carbonyl (C=O) groups excluding carboxylic acids is 6. The van der Waals surface area contributed by atoms with Crippen molar-refractivity contribution >= 4 is 192 Å². The smallest absolute Gasteiger partial charge is 0.870 e. The van der Waals surface area contributed by atoms with Gasteiger partial charge in [-0.05, 0) is 201 Å². The number of carbonyl (C=O) groups is 9. The summed E-state index contributed by atoms with van der Waals surface area (Å²) in [4.78, 5) is 145. The molecule has 10 rings (SSSR count). The predicted molar refractivity (Wildman–Crippen MR) is 538 cm³/mol. The van der Waals surface area contributed by atoms with E-state index in [9.17, 15) is 62.1 Å². The van der Waals surface area contributed by atoms with Crippen LogP contribution in [0.15, 0.2) is 93.7 Å². The molecule has 56 heteroatoms. The second-order valence-electron chi connectivity index (χ2n) is 29.1. The van der Waals surface area contributed by atoms with Crippen LogP contribution in [0.1, 0.15) is 264 Å². The van der Waals surface area contributed by atoms with Crippen LogP contribution in [0.4, 0.5) is 17.5 Å². The molecule has 0 aromatic carbocycles. The number of nitrogens with two attached hydrogens (primary N) is 5. The largest absolute Gasteiger partial charge is 1.00 e. The number of ketones is 1. The van der Waals surface area contributed by atoms with Crippen molar-refractivity contribution in [3.05, 3.63) is 167 Å². The number of anilines is 3. The zero-order valence-electron chi connectivity index (χ0n) is 82.3. The molecule has 0 aliphatic heterocycles. The maximum absolute atomic E-state index is 11.8. The number of aromatic nitrogens is 16. The van der Waals surface area contributed by atoms with E-state index < -0.39 is 70.7 Å². The van der Waals surface area contributed by atoms with Crippen molar-refractivity contribution in [3.8, 4) is 6.07 Å². The van der Waals surface area contributed by atoms with Crippen LogP contribution in [-0.2, 0) is 65.1 Å². The van der Waals surface area contributed by atoms with Gasteiger partial charge in [-0.15, -0.1) is 37.2 Å². The average Bonchev–Trinajstić information content (AvgIpc) is 1.65. The van der Waals surface area contributed by atoms with E-state index in [4.69, 9.17) is 75.1 Å². The molecule has 0 saturated carbocycles. The first-order valence-corrected chi connectivity index (χ1v) is 46.1. The summed E-state index contributed by atoms with van der Waals surface area (Å²) in [6.45, 7) is 45.7. The summed E-state index contributed by atoms with van der Waals surface area (Å²) in [6, 6.07) is 9.92. The molecule has 10 heterocycles. The molecule has 46 nitrogen and oxygen atoms in total. The Morgan fingerprint density at radius 3 is 1.28 bits per heavy atom. The number of H-pyrrole nitrogens is 3. The van der Waals surface area contributed by atoms with Crippen LogP contribution >= 0.6 is 87.7 Å². The molecule has 0 fully saturated rings. The molecule has 0 unspecified atom stereocenters. The van der Waals surface area contributed by atoms with E-state index in [1.54, 1.807) is 82.6 Å². The van der Waals surface area contributed by atoms with Crippen LogP contribution < -0.4 is 104 Å². The minimum absolute atomic E-state index is 0. The third-order valence-electron chi connectivity index (χ3n) is 16.3. The number of nitrogens with one attached hydrogen (secondary N) is 3. The zero-order chi connectivity index (χ0) is 102. The molecule has 10 aromatic heterocycles. The minimum atomic E-state index is -3.22. The van der Waals surface area contributed by atoms with E-state index in [1.807, 2.05) is 96.1 Å². The monoisotopic (exact) mass is 2170 g/mol. The van der Waals surface area contributed by atoms with E-state index in [1.165, 1.54) is 41.6 Å². The normalized spacial score (nSPS) is 10.0. The number of hydrogen-bond acceptors (Lipinski definition) is 34. The SMILES string of the molecule is C.CC(C)CN.CC(C)n1ncc(C(=O)O)c1N.CC(C)n1ncc2c(C(=O)O)cc(=O)[nH]c21.CC(C)n1ncc2c(C(=O)O)cc(Cl)nc21.CC(C)n1nccc1N.CCCc1cc(C)[nH]c(=O)c1CN.CCOC(=O)CC(=O)C(=O)OCC.CCOC(=O)c1cc(=O)[nH]c2c1cnn2C(C)C.CCOC(=O)c1cnn(C(C)C)c1N.Cl.Cl.Cl.O=P(Cl)(Cl)Cl.[CH2+]COC(=O)/C(C#N)=C/OCC.[Na+].[Na+].[OH-].[OH-]. The predicted octanol–water partition coefficient (Wildman–Crippen LogP) is 8.81. The Balaban J connectivity index is -0.000000196. The van der Waals surface area contributed by atoms with Crippen LogP contribution in [0.5, 0.6) is 0 Å². The van der Waals surface area contributed by atoms with Crippen molar-refractivity contribution in [2.75, 3.05) is 63.4 Å². The quantitative estimate of drug-likeness (QED) is 0.00206. The summed E-state index contributed by atoms with van der Waals surface area (Å²) in [5, 5.41) is 57.8. The van der Waals surface area contributed by atoms with E-state index in [2.05, 4.69) is 126 Å². The number of nitrogens with zero attached hydrogens (tertiary/aromatic N) is 14. The van der Waals surface area contributed by atoms with Crippen molar-refractivity contribution in [3.63, 3.8) is 0 Å². The summed E-state index contributed by atoms with van der Waals surface area (Å²) in [5.41, 5.74) is 31.5. The van der Waals surface area contributed by atoms with Gasteiger partial charge in [-0.2, -0.15) is 35.9 Å². The zero-order valence-corrected chi connectivity index (χ0v) is 92.6.